The van der Waals surface area contributed by atoms with E-state index >= 15 is 0 Å². The minimum absolute atomic E-state index is 0.0687. The number of fused-ring (bicyclic) bond motifs is 8. The normalized spacial score (nSPS) is 19.2. The molecule has 0 N–H and O–H groups in total. The Morgan fingerprint density at radius 1 is 0.525 bits per heavy atom. The zero-order chi connectivity index (χ0) is 43.6. The highest BCUT2D eigenvalue weighted by atomic mass is 32.1. The molecule has 1 aromatic heterocycles. The predicted molar refractivity (Wildman–Crippen MR) is 269 cm³/mol. The van der Waals surface area contributed by atoms with E-state index in [1.807, 2.05) is 11.3 Å². The Kier molecular flexibility index (Phi) is 8.63. The number of aryl methyl sites for hydroxylation is 1. The first-order chi connectivity index (χ1) is 28.4. The van der Waals surface area contributed by atoms with E-state index in [2.05, 4.69) is 199 Å². The second kappa shape index (κ2) is 12.9. The molecule has 0 spiro atoms. The minimum Gasteiger partial charge on any atom is -0.311 e. The van der Waals surface area contributed by atoms with Gasteiger partial charge in [-0.3, -0.25) is 0 Å². The molecule has 6 aromatic rings. The molecular weight excluding hydrogens is 756 g/mol. The van der Waals surface area contributed by atoms with Crippen molar-refractivity contribution in [3.8, 4) is 0 Å². The van der Waals surface area contributed by atoms with Crippen LogP contribution in [0.5, 0.6) is 0 Å². The Morgan fingerprint density at radius 2 is 1.02 bits per heavy atom. The quantitative estimate of drug-likeness (QED) is 0.160. The van der Waals surface area contributed by atoms with Crippen molar-refractivity contribution in [3.63, 3.8) is 0 Å². The van der Waals surface area contributed by atoms with E-state index in [9.17, 15) is 0 Å². The fourth-order valence-corrected chi connectivity index (χ4v) is 12.8. The fraction of sp³-hybridized carbons (Fsp3) is 0.439. The van der Waals surface area contributed by atoms with Gasteiger partial charge in [-0.2, -0.15) is 0 Å². The number of nitrogens with zero attached hydrogens (tertiary/aromatic N) is 2. The smallest absolute Gasteiger partial charge is 0.264 e. The van der Waals surface area contributed by atoms with Crippen molar-refractivity contribution in [3.05, 3.63) is 124 Å². The molecule has 0 unspecified atom stereocenters. The van der Waals surface area contributed by atoms with Crippen LogP contribution in [0.15, 0.2) is 84.9 Å². The summed E-state index contributed by atoms with van der Waals surface area (Å²) in [6.07, 6.45) is 4.78. The second-order valence-corrected chi connectivity index (χ2v) is 25.2. The van der Waals surface area contributed by atoms with Gasteiger partial charge in [0.05, 0.1) is 5.69 Å². The van der Waals surface area contributed by atoms with Crippen LogP contribution in [0.3, 0.4) is 0 Å². The lowest BCUT2D eigenvalue weighted by atomic mass is 9.35. The topological polar surface area (TPSA) is 6.48 Å². The zero-order valence-corrected chi connectivity index (χ0v) is 40.6. The number of hydrogen-bond donors (Lipinski definition) is 0. The highest BCUT2D eigenvalue weighted by Crippen LogP contribution is 2.54. The van der Waals surface area contributed by atoms with Crippen LogP contribution in [-0.4, -0.2) is 6.71 Å². The predicted octanol–water partition coefficient (Wildman–Crippen LogP) is 14.6. The van der Waals surface area contributed by atoms with Crippen LogP contribution in [0.4, 0.5) is 34.1 Å². The van der Waals surface area contributed by atoms with Crippen LogP contribution >= 0.6 is 11.3 Å². The molecule has 0 amide bonds. The molecule has 4 heteroatoms. The summed E-state index contributed by atoms with van der Waals surface area (Å²) in [5.41, 5.74) is 21.4. The lowest BCUT2D eigenvalue weighted by Gasteiger charge is -2.48. The molecule has 0 fully saturated rings. The van der Waals surface area contributed by atoms with Crippen LogP contribution in [-0.2, 0) is 32.5 Å². The standard InChI is InChI=1S/C57H67BN2S/c1-34-28-39-41(56(12,13)26-24-54(39,8)9)32-44(34)60-45-33-42-40(55(10,11)25-27-57(42,14)15)31-43(45)58-49-46(29-36(30-47(49)60)53(5,6)7)59(37-22-20-35(21-23-37)52(2,3)4)50-38-18-16-17-19-48(38)61-51(50)58/h16-23,28-33H,24-27H2,1-15H3. The fourth-order valence-electron chi connectivity index (χ4n) is 11.5. The van der Waals surface area contributed by atoms with Crippen LogP contribution < -0.4 is 25.5 Å². The van der Waals surface area contributed by atoms with Gasteiger partial charge in [-0.05, 0) is 157 Å². The molecule has 5 aromatic carbocycles. The first-order valence-electron chi connectivity index (χ1n) is 23.1. The summed E-state index contributed by atoms with van der Waals surface area (Å²) in [6, 6.07) is 34.5. The van der Waals surface area contributed by atoms with Crippen molar-refractivity contribution in [1.29, 1.82) is 0 Å². The second-order valence-electron chi connectivity index (χ2n) is 24.1. The van der Waals surface area contributed by atoms with Crippen molar-refractivity contribution >= 4 is 78.0 Å². The molecule has 4 aliphatic rings. The monoisotopic (exact) mass is 823 g/mol. The minimum atomic E-state index is -0.0789. The van der Waals surface area contributed by atoms with Crippen molar-refractivity contribution in [1.82, 2.24) is 0 Å². The zero-order valence-electron chi connectivity index (χ0n) is 39.8. The number of thiophene rings is 1. The molecule has 2 aliphatic heterocycles. The number of hydrogen-bond acceptors (Lipinski definition) is 3. The van der Waals surface area contributed by atoms with Crippen molar-refractivity contribution in [2.45, 2.75) is 162 Å². The largest absolute Gasteiger partial charge is 0.311 e. The average Bonchev–Trinajstić information content (AvgIpc) is 3.56. The summed E-state index contributed by atoms with van der Waals surface area (Å²) in [4.78, 5) is 5.41. The van der Waals surface area contributed by atoms with Gasteiger partial charge in [-0.1, -0.05) is 139 Å². The molecule has 2 aliphatic carbocycles. The molecule has 0 bridgehead atoms. The summed E-state index contributed by atoms with van der Waals surface area (Å²) in [6.45, 7) is 36.5. The van der Waals surface area contributed by atoms with Gasteiger partial charge in [-0.15, -0.1) is 11.3 Å². The van der Waals surface area contributed by atoms with Gasteiger partial charge in [0.15, 0.2) is 0 Å². The van der Waals surface area contributed by atoms with Crippen LogP contribution in [0.25, 0.3) is 10.1 Å². The van der Waals surface area contributed by atoms with Gasteiger partial charge in [0.25, 0.3) is 6.71 Å². The Hall–Kier alpha value is -4.28. The van der Waals surface area contributed by atoms with Gasteiger partial charge in [-0.25, -0.2) is 0 Å². The molecule has 314 valence electrons. The first kappa shape index (κ1) is 40.8. The van der Waals surface area contributed by atoms with Crippen molar-refractivity contribution in [2.75, 3.05) is 9.80 Å². The van der Waals surface area contributed by atoms with Crippen molar-refractivity contribution < 1.29 is 0 Å². The Morgan fingerprint density at radius 3 is 1.57 bits per heavy atom. The summed E-state index contributed by atoms with van der Waals surface area (Å²) < 4.78 is 2.81. The van der Waals surface area contributed by atoms with Gasteiger partial charge in [0.1, 0.15) is 0 Å². The van der Waals surface area contributed by atoms with E-state index in [0.29, 0.717) is 0 Å². The van der Waals surface area contributed by atoms with Gasteiger partial charge >= 0.3 is 0 Å². The molecule has 0 saturated heterocycles. The van der Waals surface area contributed by atoms with Gasteiger partial charge in [0.2, 0.25) is 0 Å². The molecule has 10 rings (SSSR count). The molecule has 0 atom stereocenters. The van der Waals surface area contributed by atoms with E-state index in [1.54, 1.807) is 0 Å². The summed E-state index contributed by atoms with van der Waals surface area (Å²) >= 11 is 2.01. The summed E-state index contributed by atoms with van der Waals surface area (Å²) in [5.74, 6) is 0. The van der Waals surface area contributed by atoms with Crippen LogP contribution in [0.1, 0.15) is 162 Å². The number of benzene rings is 5. The maximum Gasteiger partial charge on any atom is 0.264 e. The molecule has 3 heterocycles. The maximum absolute atomic E-state index is 2.75. The van der Waals surface area contributed by atoms with Gasteiger partial charge in [0, 0.05) is 43.3 Å². The third-order valence-electron chi connectivity index (χ3n) is 15.8. The lowest BCUT2D eigenvalue weighted by molar-refractivity contribution is 0.331. The molecule has 61 heavy (non-hydrogen) atoms. The molecular formula is C57H67BN2S. The average molecular weight is 823 g/mol. The Labute approximate surface area is 371 Å². The maximum atomic E-state index is 2.75. The Balaban J connectivity index is 1.37. The number of rotatable bonds is 2. The van der Waals surface area contributed by atoms with E-state index in [-0.39, 0.29) is 39.2 Å². The van der Waals surface area contributed by atoms with E-state index in [0.717, 1.165) is 0 Å². The van der Waals surface area contributed by atoms with Gasteiger partial charge < -0.3 is 9.80 Å². The van der Waals surface area contributed by atoms with Crippen LogP contribution in [0.2, 0.25) is 0 Å². The first-order valence-corrected chi connectivity index (χ1v) is 24.0. The molecule has 2 nitrogen and oxygen atoms in total. The summed E-state index contributed by atoms with van der Waals surface area (Å²) in [7, 11) is 0. The Bertz CT molecular complexity index is 2800. The van der Waals surface area contributed by atoms with Crippen LogP contribution in [0, 0.1) is 6.92 Å². The number of anilines is 6. The third-order valence-corrected chi connectivity index (χ3v) is 17.0. The summed E-state index contributed by atoms with van der Waals surface area (Å²) in [5, 5.41) is 1.34. The molecule has 0 saturated carbocycles. The van der Waals surface area contributed by atoms with E-state index in [1.165, 1.54) is 125 Å². The van der Waals surface area contributed by atoms with Crippen molar-refractivity contribution in [2.24, 2.45) is 0 Å². The lowest BCUT2D eigenvalue weighted by Crippen LogP contribution is -2.61. The van der Waals surface area contributed by atoms with E-state index < -0.39 is 0 Å². The third kappa shape index (κ3) is 6.07. The highest BCUT2D eigenvalue weighted by Gasteiger charge is 2.49. The van der Waals surface area contributed by atoms with E-state index in [4.69, 9.17) is 0 Å². The SMILES string of the molecule is Cc1cc2c(cc1N1c3cc4c(cc3B3c5sc6ccccc6c5N(c5ccc(C(C)(C)C)cc5)c5cc(C(C)(C)C)cc1c53)C(C)(C)CCC4(C)C)C(C)(C)CCC2(C)C. The highest BCUT2D eigenvalue weighted by molar-refractivity contribution is 7.33. The molecule has 0 radical (unpaired) electrons.